The SMILES string of the molecule is C1=CC2C3C=CC(N(C4=CCCCC4)C4CCCC5C6CCC=CC6SC54)CC3C3(C2C=C1)C1CCC=CC1C1C(C2=C(NC4=C5SC6C=CCCC6C5CCC4)CCCC2)=CCCC13. The Morgan fingerprint density at radius 1 is 0.569 bits per heavy atom. The Morgan fingerprint density at radius 2 is 1.40 bits per heavy atom. The zero-order chi connectivity index (χ0) is 42.6. The third-order valence-electron chi connectivity index (χ3n) is 21.5. The highest BCUT2D eigenvalue weighted by molar-refractivity contribution is 8.04. The van der Waals surface area contributed by atoms with E-state index in [1.807, 2.05) is 5.57 Å². The quantitative estimate of drug-likeness (QED) is 0.267. The van der Waals surface area contributed by atoms with Crippen molar-refractivity contribution in [1.82, 2.24) is 10.2 Å². The van der Waals surface area contributed by atoms with E-state index in [2.05, 4.69) is 119 Å². The first kappa shape index (κ1) is 41.7. The molecule has 18 atom stereocenters. The average molecular weight is 903 g/mol. The van der Waals surface area contributed by atoms with Crippen LogP contribution in [-0.4, -0.2) is 32.7 Å². The zero-order valence-corrected chi connectivity index (χ0v) is 41.1. The maximum atomic E-state index is 4.41. The summed E-state index contributed by atoms with van der Waals surface area (Å²) in [5.41, 5.74) is 9.03. The van der Waals surface area contributed by atoms with E-state index in [0.717, 1.165) is 57.2 Å². The van der Waals surface area contributed by atoms with Gasteiger partial charge in [-0.15, -0.1) is 23.5 Å². The number of nitrogens with zero attached hydrogens (tertiary/aromatic N) is 1. The van der Waals surface area contributed by atoms with Gasteiger partial charge >= 0.3 is 0 Å². The number of fused-ring (bicyclic) bond motifs is 16. The van der Waals surface area contributed by atoms with Crippen molar-refractivity contribution in [3.05, 3.63) is 118 Å². The Kier molecular flexibility index (Phi) is 10.9. The monoisotopic (exact) mass is 903 g/mol. The van der Waals surface area contributed by atoms with Crippen molar-refractivity contribution in [2.75, 3.05) is 0 Å². The molecule has 0 radical (unpaired) electrons. The normalized spacial score (nSPS) is 47.6. The largest absolute Gasteiger partial charge is 0.365 e. The minimum absolute atomic E-state index is 0.358. The van der Waals surface area contributed by atoms with Crippen LogP contribution in [-0.2, 0) is 0 Å². The first-order chi connectivity index (χ1) is 32.3. The summed E-state index contributed by atoms with van der Waals surface area (Å²) >= 11 is 4.69. The van der Waals surface area contributed by atoms with Crippen molar-refractivity contribution in [1.29, 1.82) is 0 Å². The van der Waals surface area contributed by atoms with Gasteiger partial charge in [-0.3, -0.25) is 0 Å². The van der Waals surface area contributed by atoms with E-state index in [1.165, 1.54) is 148 Å². The van der Waals surface area contributed by atoms with E-state index in [1.54, 1.807) is 27.6 Å². The van der Waals surface area contributed by atoms with Crippen LogP contribution in [0.3, 0.4) is 0 Å². The lowest BCUT2D eigenvalue weighted by Gasteiger charge is -2.53. The smallest absolute Gasteiger partial charge is 0.0476 e. The molecule has 0 aromatic rings. The predicted molar refractivity (Wildman–Crippen MR) is 275 cm³/mol. The Bertz CT molecular complexity index is 2210. The number of nitrogens with one attached hydrogen (secondary N) is 1. The van der Waals surface area contributed by atoms with Gasteiger partial charge < -0.3 is 10.2 Å². The molecule has 0 amide bonds. The molecular formula is C61H78N2S2. The molecule has 18 unspecified atom stereocenters. The third kappa shape index (κ3) is 6.52. The molecule has 0 aromatic heterocycles. The van der Waals surface area contributed by atoms with Gasteiger partial charge in [0.25, 0.3) is 0 Å². The molecule has 344 valence electrons. The van der Waals surface area contributed by atoms with Gasteiger partial charge in [0.1, 0.15) is 0 Å². The lowest BCUT2D eigenvalue weighted by Crippen LogP contribution is -2.53. The maximum Gasteiger partial charge on any atom is 0.0476 e. The van der Waals surface area contributed by atoms with Crippen LogP contribution in [0.2, 0.25) is 0 Å². The minimum atomic E-state index is 0.358. The lowest BCUT2D eigenvalue weighted by atomic mass is 9.54. The summed E-state index contributed by atoms with van der Waals surface area (Å²) in [5.74, 6) is 9.17. The van der Waals surface area contributed by atoms with Gasteiger partial charge in [-0.2, -0.15) is 0 Å². The zero-order valence-electron chi connectivity index (χ0n) is 39.4. The molecule has 2 heterocycles. The van der Waals surface area contributed by atoms with Crippen molar-refractivity contribution >= 4 is 23.5 Å². The van der Waals surface area contributed by atoms with Crippen LogP contribution in [0.5, 0.6) is 0 Å². The summed E-state index contributed by atoms with van der Waals surface area (Å²) in [7, 11) is 0. The molecule has 1 spiro atoms. The second-order valence-corrected chi connectivity index (χ2v) is 26.5. The summed E-state index contributed by atoms with van der Waals surface area (Å²) in [4.78, 5) is 4.98. The van der Waals surface area contributed by atoms with E-state index < -0.39 is 0 Å². The molecule has 2 nitrogen and oxygen atoms in total. The van der Waals surface area contributed by atoms with Crippen LogP contribution in [0.1, 0.15) is 148 Å². The van der Waals surface area contributed by atoms with Crippen molar-refractivity contribution in [3.8, 4) is 0 Å². The van der Waals surface area contributed by atoms with Gasteiger partial charge in [-0.05, 0) is 229 Å². The van der Waals surface area contributed by atoms with E-state index >= 15 is 0 Å². The molecule has 2 aliphatic heterocycles. The molecule has 2 saturated heterocycles. The average Bonchev–Trinajstić information content (AvgIpc) is 4.11. The predicted octanol–water partition coefficient (Wildman–Crippen LogP) is 15.3. The maximum absolute atomic E-state index is 4.41. The summed E-state index contributed by atoms with van der Waals surface area (Å²) < 4.78 is 0. The van der Waals surface area contributed by atoms with Crippen molar-refractivity contribution < 1.29 is 0 Å². The fourth-order valence-corrected chi connectivity index (χ4v) is 23.2. The molecule has 5 fully saturated rings. The minimum Gasteiger partial charge on any atom is -0.365 e. The molecule has 3 saturated carbocycles. The third-order valence-corrected chi connectivity index (χ3v) is 24.9. The summed E-state index contributed by atoms with van der Waals surface area (Å²) in [6, 6.07) is 1.24. The topological polar surface area (TPSA) is 15.3 Å². The second-order valence-electron chi connectivity index (χ2n) is 23.9. The van der Waals surface area contributed by atoms with E-state index in [4.69, 9.17) is 0 Å². The molecule has 4 heteroatoms. The van der Waals surface area contributed by atoms with Gasteiger partial charge in [-0.25, -0.2) is 0 Å². The Morgan fingerprint density at radius 3 is 2.34 bits per heavy atom. The standard InChI is InChI=1S/C61H78N2S2/c1-2-17-38(18-3-1)63(55-32-16-26-47-44-22-8-13-34-57(44)65-60(47)55)39-35-36-41-40-19-4-9-27-49(40)61(52(41)37-39)50-28-10-5-23-48(50)58-45(24-14-29-51(58)61)42-20-6-11-30-53(42)62-54-31-15-25-46-43-21-7-12-33-56(43)64-59(46)54/h4-5,9,12-13,17,19,23-24,27,33-36,39-41,43-44,46-52,55-58,60,62H,1-3,6-8,10-11,14-16,18,20-22,25-26,28-32,37H2. The number of hydrogen-bond donors (Lipinski definition) is 1. The van der Waals surface area contributed by atoms with Crippen LogP contribution in [0, 0.1) is 76.4 Å². The van der Waals surface area contributed by atoms with Gasteiger partial charge in [0.2, 0.25) is 0 Å². The van der Waals surface area contributed by atoms with Gasteiger partial charge in [0.05, 0.1) is 0 Å². The van der Waals surface area contributed by atoms with Crippen LogP contribution >= 0.6 is 23.5 Å². The first-order valence-corrected chi connectivity index (χ1v) is 29.8. The number of hydrogen-bond acceptors (Lipinski definition) is 4. The van der Waals surface area contributed by atoms with Crippen LogP contribution in [0.25, 0.3) is 0 Å². The van der Waals surface area contributed by atoms with E-state index in [9.17, 15) is 0 Å². The molecule has 0 bridgehead atoms. The van der Waals surface area contributed by atoms with Crippen LogP contribution in [0.4, 0.5) is 0 Å². The molecule has 14 rings (SSSR count). The van der Waals surface area contributed by atoms with Crippen molar-refractivity contribution in [2.24, 2.45) is 76.4 Å². The van der Waals surface area contributed by atoms with Gasteiger partial charge in [0.15, 0.2) is 0 Å². The Labute approximate surface area is 401 Å². The highest BCUT2D eigenvalue weighted by Gasteiger charge is 2.71. The van der Waals surface area contributed by atoms with E-state index in [0.29, 0.717) is 47.1 Å². The van der Waals surface area contributed by atoms with Crippen molar-refractivity contribution in [2.45, 2.75) is 176 Å². The summed E-state index contributed by atoms with van der Waals surface area (Å²) in [5, 5.41) is 6.70. The van der Waals surface area contributed by atoms with Crippen LogP contribution < -0.4 is 5.32 Å². The summed E-state index contributed by atoms with van der Waals surface area (Å²) in [6.45, 7) is 0. The van der Waals surface area contributed by atoms with Gasteiger partial charge in [-0.1, -0.05) is 91.5 Å². The molecule has 12 aliphatic carbocycles. The first-order valence-electron chi connectivity index (χ1n) is 28.0. The highest BCUT2D eigenvalue weighted by Crippen LogP contribution is 2.76. The summed E-state index contributed by atoms with van der Waals surface area (Å²) in [6.07, 6.45) is 68.8. The fourth-order valence-electron chi connectivity index (χ4n) is 19.4. The fraction of sp³-hybridized carbons (Fsp3) is 0.672. The lowest BCUT2D eigenvalue weighted by molar-refractivity contribution is -0.00512. The highest BCUT2D eigenvalue weighted by atomic mass is 32.2. The molecule has 0 aromatic carbocycles. The van der Waals surface area contributed by atoms with Crippen molar-refractivity contribution in [3.63, 3.8) is 0 Å². The second kappa shape index (κ2) is 17.0. The number of thioether (sulfide) groups is 2. The number of allylic oxidation sites excluding steroid dienone is 17. The molecule has 1 N–H and O–H groups in total. The van der Waals surface area contributed by atoms with Gasteiger partial charge in [0, 0.05) is 49.8 Å². The molecular weight excluding hydrogens is 825 g/mol. The van der Waals surface area contributed by atoms with E-state index in [-0.39, 0.29) is 0 Å². The molecule has 14 aliphatic rings. The Hall–Kier alpha value is -2.30. The van der Waals surface area contributed by atoms with Crippen LogP contribution in [0.15, 0.2) is 118 Å². The Balaban J connectivity index is 0.839. The molecule has 65 heavy (non-hydrogen) atoms. The number of rotatable bonds is 6.